The summed E-state index contributed by atoms with van der Waals surface area (Å²) in [6, 6.07) is 3.43. The molecule has 0 aromatic heterocycles. The minimum Gasteiger partial charge on any atom is -0.0743 e. The van der Waals surface area contributed by atoms with Crippen LogP contribution in [0.15, 0.2) is 0 Å². The van der Waals surface area contributed by atoms with Gasteiger partial charge < -0.3 is 0 Å². The highest BCUT2D eigenvalue weighted by Crippen LogP contribution is 2.32. The third kappa shape index (κ3) is 10.6. The Morgan fingerprint density at radius 3 is 1.33 bits per heavy atom. The predicted molar refractivity (Wildman–Crippen MR) is 122 cm³/mol. The second-order valence-corrected chi connectivity index (χ2v) is 33.5. The number of hydrogen-bond acceptors (Lipinski definition) is 0. The fourth-order valence-corrected chi connectivity index (χ4v) is 44.7. The molecule has 0 bridgehead atoms. The molecule has 6 heteroatoms. The standard InChI is InChI=1S/C15H43Si6/c1-16-12-20(8,13-17(2)3)10-11-21(9,14-18(4)5)15-19(6)7/h16-19H,10-15H2,1-9H3. The van der Waals surface area contributed by atoms with Gasteiger partial charge in [-0.3, -0.25) is 0 Å². The van der Waals surface area contributed by atoms with Gasteiger partial charge in [-0.05, 0) is 0 Å². The van der Waals surface area contributed by atoms with Gasteiger partial charge >= 0.3 is 0 Å². The molecule has 1 unspecified atom stereocenters. The van der Waals surface area contributed by atoms with E-state index in [4.69, 9.17) is 0 Å². The Kier molecular flexibility index (Phi) is 10.9. The zero-order chi connectivity index (χ0) is 16.7. The SMILES string of the molecule is C[SiH]C[Si](C)(CC[Si](C)(C[SiH](C)C)C[SiH](C)C)C[SiH](C)C. The Bertz CT molecular complexity index is 269. The molecule has 0 saturated heterocycles. The van der Waals surface area contributed by atoms with Crippen LogP contribution in [0, 0.1) is 0 Å². The molecule has 21 heavy (non-hydrogen) atoms. The quantitative estimate of drug-likeness (QED) is 0.449. The van der Waals surface area contributed by atoms with Crippen molar-refractivity contribution in [3.05, 3.63) is 0 Å². The van der Waals surface area contributed by atoms with Gasteiger partial charge in [0, 0.05) is 52.1 Å². The largest absolute Gasteiger partial charge is 0.0743 e. The van der Waals surface area contributed by atoms with Gasteiger partial charge in [0.05, 0.1) is 0 Å². The summed E-state index contributed by atoms with van der Waals surface area (Å²) in [5.41, 5.74) is 6.90. The van der Waals surface area contributed by atoms with E-state index < -0.39 is 16.1 Å². The van der Waals surface area contributed by atoms with Crippen LogP contribution >= 0.6 is 0 Å². The Balaban J connectivity index is 4.81. The molecule has 0 saturated carbocycles. The fourth-order valence-electron chi connectivity index (χ4n) is 4.63. The average molecular weight is 392 g/mol. The lowest BCUT2D eigenvalue weighted by Gasteiger charge is -2.36. The van der Waals surface area contributed by atoms with Crippen molar-refractivity contribution in [3.8, 4) is 0 Å². The first-order valence-electron chi connectivity index (χ1n) is 9.30. The van der Waals surface area contributed by atoms with E-state index in [1.165, 1.54) is 0 Å². The maximum atomic E-state index is 2.80. The molecule has 0 aromatic carbocycles. The third-order valence-corrected chi connectivity index (χ3v) is 35.3. The van der Waals surface area contributed by atoms with Crippen molar-refractivity contribution in [1.29, 1.82) is 0 Å². The van der Waals surface area contributed by atoms with Crippen LogP contribution in [0.1, 0.15) is 0 Å². The van der Waals surface area contributed by atoms with E-state index in [1.54, 1.807) is 34.8 Å². The maximum Gasteiger partial charge on any atom is 0.0444 e. The Morgan fingerprint density at radius 2 is 1.00 bits per heavy atom. The van der Waals surface area contributed by atoms with Crippen molar-refractivity contribution < 1.29 is 0 Å². The van der Waals surface area contributed by atoms with E-state index >= 15 is 0 Å². The smallest absolute Gasteiger partial charge is 0.0444 e. The minimum absolute atomic E-state index is 0.362. The van der Waals surface area contributed by atoms with E-state index in [-0.39, 0.29) is 26.4 Å². The van der Waals surface area contributed by atoms with Crippen molar-refractivity contribution in [3.63, 3.8) is 0 Å². The lowest BCUT2D eigenvalue weighted by Crippen LogP contribution is -2.42. The summed E-state index contributed by atoms with van der Waals surface area (Å²) in [5, 5.41) is 0. The second kappa shape index (κ2) is 10.2. The predicted octanol–water partition coefficient (Wildman–Crippen LogP) is 4.66. The first-order valence-corrected chi connectivity index (χ1v) is 26.9. The first kappa shape index (κ1) is 22.3. The summed E-state index contributed by atoms with van der Waals surface area (Å²) in [5.74, 6) is 0. The Hall–Kier alpha value is 1.30. The van der Waals surface area contributed by atoms with Gasteiger partial charge in [0.2, 0.25) is 0 Å². The molecule has 0 nitrogen and oxygen atoms in total. The zero-order valence-corrected chi connectivity index (χ0v) is 23.2. The van der Waals surface area contributed by atoms with Gasteiger partial charge in [-0.2, -0.15) is 0 Å². The monoisotopic (exact) mass is 391 g/mol. The molecule has 0 aliphatic rings. The molecule has 0 aliphatic carbocycles. The van der Waals surface area contributed by atoms with Gasteiger partial charge in [-0.15, -0.1) is 0 Å². The van der Waals surface area contributed by atoms with Crippen molar-refractivity contribution in [1.82, 2.24) is 0 Å². The summed E-state index contributed by atoms with van der Waals surface area (Å²) in [6.45, 7) is 23.7. The van der Waals surface area contributed by atoms with Crippen LogP contribution < -0.4 is 0 Å². The molecule has 0 aliphatic heterocycles. The molecule has 0 fully saturated rings. The van der Waals surface area contributed by atoms with Crippen LogP contribution in [0.5, 0.6) is 0 Å². The molecule has 0 heterocycles. The molecule has 0 spiro atoms. The van der Waals surface area contributed by atoms with Crippen LogP contribution in [-0.2, 0) is 0 Å². The van der Waals surface area contributed by atoms with Crippen LogP contribution in [0.3, 0.4) is 0 Å². The Morgan fingerprint density at radius 1 is 0.667 bits per heavy atom. The van der Waals surface area contributed by atoms with Crippen LogP contribution in [-0.4, -0.2) is 52.1 Å². The molecular formula is C15H43Si6. The molecular weight excluding hydrogens is 349 g/mol. The van der Waals surface area contributed by atoms with Crippen molar-refractivity contribution >= 4 is 52.1 Å². The zero-order valence-electron chi connectivity index (χ0n) is 16.6. The highest BCUT2D eigenvalue weighted by molar-refractivity contribution is 6.97. The molecule has 127 valence electrons. The molecule has 0 rings (SSSR count). The van der Waals surface area contributed by atoms with Gasteiger partial charge in [0.25, 0.3) is 0 Å². The summed E-state index contributed by atoms with van der Waals surface area (Å²) in [4.78, 5) is 0. The summed E-state index contributed by atoms with van der Waals surface area (Å²) >= 11 is 0. The second-order valence-electron chi connectivity index (χ2n) is 9.53. The summed E-state index contributed by atoms with van der Waals surface area (Å²) in [7, 11) is -2.10. The van der Waals surface area contributed by atoms with Crippen molar-refractivity contribution in [2.45, 2.75) is 93.7 Å². The first-order chi connectivity index (χ1) is 9.52. The van der Waals surface area contributed by atoms with E-state index in [0.717, 1.165) is 9.52 Å². The summed E-state index contributed by atoms with van der Waals surface area (Å²) < 4.78 is 0. The molecule has 0 N–H and O–H groups in total. The highest BCUT2D eigenvalue weighted by Gasteiger charge is 2.34. The van der Waals surface area contributed by atoms with Crippen molar-refractivity contribution in [2.24, 2.45) is 0 Å². The number of hydrogen-bond donors (Lipinski definition) is 0. The lowest BCUT2D eigenvalue weighted by molar-refractivity contribution is 1.23. The average Bonchev–Trinajstić information content (AvgIpc) is 2.23. The molecule has 0 aromatic rings. The van der Waals surface area contributed by atoms with Crippen molar-refractivity contribution in [2.75, 3.05) is 0 Å². The van der Waals surface area contributed by atoms with Crippen LogP contribution in [0.4, 0.5) is 0 Å². The minimum atomic E-state index is -0.883. The third-order valence-electron chi connectivity index (χ3n) is 4.73. The van der Waals surface area contributed by atoms with E-state index in [2.05, 4.69) is 58.9 Å². The van der Waals surface area contributed by atoms with Gasteiger partial charge in [-0.1, -0.05) is 93.7 Å². The molecule has 1 radical (unpaired) electrons. The van der Waals surface area contributed by atoms with Gasteiger partial charge in [0.1, 0.15) is 0 Å². The van der Waals surface area contributed by atoms with E-state index in [1.807, 2.05) is 0 Å². The fraction of sp³-hybridized carbons (Fsp3) is 1.00. The normalized spacial score (nSPS) is 16.0. The van der Waals surface area contributed by atoms with Crippen LogP contribution in [0.25, 0.3) is 0 Å². The van der Waals surface area contributed by atoms with Gasteiger partial charge in [0.15, 0.2) is 0 Å². The van der Waals surface area contributed by atoms with Gasteiger partial charge in [-0.25, -0.2) is 0 Å². The number of rotatable bonds is 11. The van der Waals surface area contributed by atoms with E-state index in [9.17, 15) is 0 Å². The maximum absolute atomic E-state index is 2.80. The summed E-state index contributed by atoms with van der Waals surface area (Å²) in [6.07, 6.45) is 0. The van der Waals surface area contributed by atoms with E-state index in [0.29, 0.717) is 0 Å². The van der Waals surface area contributed by atoms with Crippen LogP contribution in [0.2, 0.25) is 93.7 Å². The highest BCUT2D eigenvalue weighted by atomic mass is 28.4. The topological polar surface area (TPSA) is 0 Å². The molecule has 0 amide bonds. The Labute approximate surface area is 145 Å². The lowest BCUT2D eigenvalue weighted by atomic mass is 10.9. The molecule has 1 atom stereocenters.